The highest BCUT2D eigenvalue weighted by Crippen LogP contribution is 2.41. The molecule has 0 spiro atoms. The van der Waals surface area contributed by atoms with E-state index in [0.29, 0.717) is 53.7 Å². The number of aromatic nitrogens is 8. The van der Waals surface area contributed by atoms with Crippen molar-refractivity contribution in [1.29, 1.82) is 0 Å². The van der Waals surface area contributed by atoms with Crippen LogP contribution in [0.25, 0.3) is 55.4 Å². The van der Waals surface area contributed by atoms with Crippen molar-refractivity contribution in [2.45, 2.75) is 97.4 Å². The first kappa shape index (κ1) is 50.3. The molecule has 11 rings (SSSR count). The third-order valence-corrected chi connectivity index (χ3v) is 16.1. The van der Waals surface area contributed by atoms with Crippen LogP contribution in [0, 0.1) is 20.8 Å². The number of imidazole rings is 2. The van der Waals surface area contributed by atoms with Gasteiger partial charge in [0.1, 0.15) is 22.7 Å². The lowest BCUT2D eigenvalue weighted by atomic mass is 9.99. The van der Waals surface area contributed by atoms with Crippen molar-refractivity contribution in [2.24, 2.45) is 12.0 Å². The molecule has 17 heteroatoms. The summed E-state index contributed by atoms with van der Waals surface area (Å²) in [7, 11) is 1.95. The highest BCUT2D eigenvalue weighted by atomic mass is 35.5. The first-order chi connectivity index (χ1) is 37.0. The summed E-state index contributed by atoms with van der Waals surface area (Å²) < 4.78 is 6.17. The minimum absolute atomic E-state index is 0.0179. The number of pyridine rings is 1. The zero-order valence-corrected chi connectivity index (χ0v) is 44.7. The van der Waals surface area contributed by atoms with Crippen LogP contribution in [0.4, 0.5) is 5.69 Å². The quantitative estimate of drug-likeness (QED) is 0.0711. The lowest BCUT2D eigenvalue weighted by molar-refractivity contribution is -0.121. The molecule has 15 nitrogen and oxygen atoms in total. The molecule has 2 aliphatic heterocycles. The van der Waals surface area contributed by atoms with E-state index in [1.165, 1.54) is 4.88 Å². The molecule has 3 amide bonds. The van der Waals surface area contributed by atoms with Crippen molar-refractivity contribution in [1.82, 2.24) is 49.5 Å². The number of nitrogens with one attached hydrogen (secondary N) is 3. The Hall–Kier alpha value is -7.82. The molecule has 76 heavy (non-hydrogen) atoms. The smallest absolute Gasteiger partial charge is 0.251 e. The number of halogens is 1. The van der Waals surface area contributed by atoms with E-state index in [2.05, 4.69) is 72.3 Å². The fourth-order valence-corrected chi connectivity index (χ4v) is 11.8. The molecule has 0 saturated heterocycles. The number of aliphatic imine (C=N–C) groups is 1. The lowest BCUT2D eigenvalue weighted by Crippen LogP contribution is -2.26. The number of carbonyl (C=O) groups excluding carboxylic acids is 3. The maximum Gasteiger partial charge on any atom is 0.251 e. The van der Waals surface area contributed by atoms with E-state index in [-0.39, 0.29) is 24.1 Å². The number of thiophene rings is 1. The zero-order valence-electron chi connectivity index (χ0n) is 43.1. The maximum absolute atomic E-state index is 13.6. The third kappa shape index (κ3) is 10.2. The van der Waals surface area contributed by atoms with Gasteiger partial charge < -0.3 is 20.5 Å². The van der Waals surface area contributed by atoms with Gasteiger partial charge in [-0.2, -0.15) is 0 Å². The Morgan fingerprint density at radius 2 is 1.57 bits per heavy atom. The van der Waals surface area contributed by atoms with Gasteiger partial charge in [-0.15, -0.1) is 21.5 Å². The summed E-state index contributed by atoms with van der Waals surface area (Å²) in [5.74, 6) is 1.98. The van der Waals surface area contributed by atoms with Crippen LogP contribution >= 0.6 is 22.9 Å². The van der Waals surface area contributed by atoms with E-state index in [1.54, 1.807) is 17.7 Å². The highest BCUT2D eigenvalue weighted by molar-refractivity contribution is 7.15. The van der Waals surface area contributed by atoms with Crippen molar-refractivity contribution in [3.8, 4) is 33.5 Å². The normalized spacial score (nSPS) is 14.0. The molecule has 7 heterocycles. The molecule has 386 valence electrons. The fraction of sp³-hybridized carbons (Fsp3) is 0.305. The summed E-state index contributed by atoms with van der Waals surface area (Å²) in [6.45, 7) is 7.38. The monoisotopic (exact) mass is 1050 g/mol. The molecule has 9 aromatic rings. The van der Waals surface area contributed by atoms with Crippen molar-refractivity contribution in [2.75, 3.05) is 18.4 Å². The van der Waals surface area contributed by atoms with Crippen molar-refractivity contribution in [3.63, 3.8) is 0 Å². The van der Waals surface area contributed by atoms with Gasteiger partial charge in [0, 0.05) is 75.5 Å². The molecule has 5 aromatic heterocycles. The van der Waals surface area contributed by atoms with Gasteiger partial charge in [-0.3, -0.25) is 28.5 Å². The van der Waals surface area contributed by atoms with Gasteiger partial charge >= 0.3 is 0 Å². The Balaban J connectivity index is 0.671. The number of aryl methyl sites for hydroxylation is 4. The lowest BCUT2D eigenvalue weighted by Gasteiger charge is -2.19. The Morgan fingerprint density at radius 1 is 0.803 bits per heavy atom. The van der Waals surface area contributed by atoms with Crippen molar-refractivity contribution in [3.05, 3.63) is 153 Å². The van der Waals surface area contributed by atoms with E-state index >= 15 is 0 Å². The molecule has 2 aliphatic rings. The van der Waals surface area contributed by atoms with E-state index in [9.17, 15) is 14.4 Å². The molecule has 4 aromatic carbocycles. The average molecular weight is 1050 g/mol. The molecule has 0 saturated carbocycles. The van der Waals surface area contributed by atoms with Crippen LogP contribution in [0.5, 0.6) is 0 Å². The van der Waals surface area contributed by atoms with Gasteiger partial charge in [-0.05, 0) is 112 Å². The van der Waals surface area contributed by atoms with E-state index in [4.69, 9.17) is 26.6 Å². The number of fused-ring (bicyclic) bond motifs is 6. The first-order valence-electron chi connectivity index (χ1n) is 26.2. The Kier molecular flexibility index (Phi) is 14.4. The van der Waals surface area contributed by atoms with Gasteiger partial charge in [0.05, 0.1) is 52.6 Å². The van der Waals surface area contributed by atoms with Gasteiger partial charge in [0.2, 0.25) is 11.8 Å². The van der Waals surface area contributed by atoms with Gasteiger partial charge in [0.25, 0.3) is 5.91 Å². The Morgan fingerprint density at radius 3 is 2.34 bits per heavy atom. The van der Waals surface area contributed by atoms with Gasteiger partial charge in [0.15, 0.2) is 5.82 Å². The molecule has 0 bridgehead atoms. The molecule has 0 unspecified atom stereocenters. The standard InChI is InChI=1S/C59H59ClN12O3S/c1-35-36(2)76-59-54(35)55(38-17-21-41(60)22-18-38)66-49(57-69-68-37(3)71(57)59)32-53(74)62-27-13-9-7-5-6-8-10-14-28-63-58(75)40-19-25-50-47(30-40)67-56(72(50)42-23-24-45-39(29-42)20-26-52(73)65-45)44-31-48(51-33-61-34-70(51)4)64-46-16-12-11-15-43(44)46/h11-12,15-19,21-25,29-31,33-34,49H,5-10,13-14,20,26-28,32H2,1-4H3,(H,62,74)(H,63,75)(H,65,73)/t49-/m0/s1. The van der Waals surface area contributed by atoms with Gasteiger partial charge in [-0.25, -0.2) is 15.0 Å². The number of unbranched alkanes of at least 4 members (excludes halogenated alkanes) is 7. The summed E-state index contributed by atoms with van der Waals surface area (Å²) in [5, 5.41) is 20.9. The maximum atomic E-state index is 13.6. The number of benzene rings is 4. The zero-order chi connectivity index (χ0) is 52.5. The number of anilines is 1. The van der Waals surface area contributed by atoms with E-state index in [0.717, 1.165) is 135 Å². The minimum Gasteiger partial charge on any atom is -0.356 e. The first-order valence-corrected chi connectivity index (χ1v) is 27.4. The molecule has 1 atom stereocenters. The molecular formula is C59H59ClN12O3S. The topological polar surface area (TPSA) is 179 Å². The number of nitrogens with zero attached hydrogens (tertiary/aromatic N) is 9. The Bertz CT molecular complexity index is 3720. The SMILES string of the molecule is Cc1sc2c(c1C)C(c1ccc(Cl)cc1)=N[C@@H](CC(=O)NCCCCCCCCCCNC(=O)c1ccc3c(c1)nc(-c1cc(-c4cncn4C)nc4ccccc14)n3-c1ccc3c(c1)CCC(=O)N3)c1nnc(C)n1-2. The summed E-state index contributed by atoms with van der Waals surface area (Å²) >= 11 is 7.97. The van der Waals surface area contributed by atoms with Crippen LogP contribution in [-0.4, -0.2) is 75.4 Å². The summed E-state index contributed by atoms with van der Waals surface area (Å²) in [4.78, 5) is 60.4. The predicted molar refractivity (Wildman–Crippen MR) is 301 cm³/mol. The molecule has 0 fully saturated rings. The number of carbonyl (C=O) groups is 3. The molecule has 3 N–H and O–H groups in total. The van der Waals surface area contributed by atoms with Crippen LogP contribution in [0.1, 0.15) is 119 Å². The second kappa shape index (κ2) is 21.8. The third-order valence-electron chi connectivity index (χ3n) is 14.6. The number of para-hydroxylation sites is 1. The van der Waals surface area contributed by atoms with Crippen LogP contribution in [0.3, 0.4) is 0 Å². The molecule has 0 aliphatic carbocycles. The predicted octanol–water partition coefficient (Wildman–Crippen LogP) is 11.7. The second-order valence-corrected chi connectivity index (χ2v) is 21.5. The van der Waals surface area contributed by atoms with Crippen molar-refractivity contribution < 1.29 is 14.4 Å². The fourth-order valence-electron chi connectivity index (χ4n) is 10.5. The largest absolute Gasteiger partial charge is 0.356 e. The molecule has 0 radical (unpaired) electrons. The molecular weight excluding hydrogens is 992 g/mol. The average Bonchev–Trinajstić information content (AvgIpc) is 4.23. The van der Waals surface area contributed by atoms with Crippen molar-refractivity contribution >= 4 is 74.0 Å². The summed E-state index contributed by atoms with van der Waals surface area (Å²) in [5.41, 5.74) is 12.2. The number of amides is 3. The van der Waals surface area contributed by atoms with Crippen LogP contribution in [0.15, 0.2) is 109 Å². The van der Waals surface area contributed by atoms with Crippen LogP contribution in [0.2, 0.25) is 5.02 Å². The van der Waals surface area contributed by atoms with Gasteiger partial charge in [-0.1, -0.05) is 80.5 Å². The number of hydrogen-bond donors (Lipinski definition) is 3. The minimum atomic E-state index is -0.498. The summed E-state index contributed by atoms with van der Waals surface area (Å²) in [6, 6.07) is 29.2. The number of hydrogen-bond acceptors (Lipinski definition) is 10. The Labute approximate surface area is 449 Å². The van der Waals surface area contributed by atoms with E-state index < -0.39 is 6.04 Å². The van der Waals surface area contributed by atoms with Crippen LogP contribution in [-0.2, 0) is 23.1 Å². The van der Waals surface area contributed by atoms with E-state index in [1.807, 2.05) is 97.5 Å². The second-order valence-electron chi connectivity index (χ2n) is 19.9. The van der Waals surface area contributed by atoms with Crippen LogP contribution < -0.4 is 16.0 Å². The highest BCUT2D eigenvalue weighted by Gasteiger charge is 2.33. The number of rotatable bonds is 18. The summed E-state index contributed by atoms with van der Waals surface area (Å²) in [6.07, 6.45) is 13.1.